The fraction of sp³-hybridized carbons (Fsp3) is 0.385. The van der Waals surface area contributed by atoms with Crippen molar-refractivity contribution < 1.29 is 26.8 Å². The van der Waals surface area contributed by atoms with Crippen LogP contribution in [0, 0.1) is 0 Å². The van der Waals surface area contributed by atoms with Crippen molar-refractivity contribution in [2.45, 2.75) is 35.2 Å². The first-order chi connectivity index (χ1) is 18.5. The van der Waals surface area contributed by atoms with Crippen LogP contribution in [0.3, 0.4) is 0 Å². The molecule has 3 aromatic rings. The van der Waals surface area contributed by atoms with Gasteiger partial charge in [-0.2, -0.15) is 7.77 Å². The molecule has 8 nitrogen and oxygen atoms in total. The minimum atomic E-state index is -1.28. The van der Waals surface area contributed by atoms with Crippen molar-refractivity contribution in [3.8, 4) is 5.75 Å². The number of halogens is 2. The van der Waals surface area contributed by atoms with Crippen LogP contribution in [0.4, 0.5) is 13.5 Å². The second-order valence-electron chi connectivity index (χ2n) is 9.15. The van der Waals surface area contributed by atoms with Crippen LogP contribution in [0.1, 0.15) is 12.5 Å². The van der Waals surface area contributed by atoms with E-state index in [4.69, 9.17) is 14.2 Å². The zero-order valence-corrected chi connectivity index (χ0v) is 22.4. The Kier molecular flexibility index (Phi) is 8.42. The molecule has 1 unspecified atom stereocenters. The summed E-state index contributed by atoms with van der Waals surface area (Å²) < 4.78 is 47.4. The number of carbonyl (C=O) groups excluding carboxylic acids is 1. The molecule has 0 radical (unpaired) electrons. The van der Waals surface area contributed by atoms with Gasteiger partial charge >= 0.3 is 0 Å². The highest BCUT2D eigenvalue weighted by atomic mass is 32.2. The maximum atomic E-state index is 13.9. The zero-order valence-electron chi connectivity index (χ0n) is 20.8. The maximum absolute atomic E-state index is 13.9. The van der Waals surface area contributed by atoms with Crippen molar-refractivity contribution in [3.05, 3.63) is 66.7 Å². The molecule has 2 fully saturated rings. The molecule has 5 rings (SSSR count). The molecule has 0 aliphatic carbocycles. The fourth-order valence-corrected chi connectivity index (χ4v) is 5.56. The van der Waals surface area contributed by atoms with Crippen LogP contribution in [0.5, 0.6) is 5.75 Å². The molecule has 0 spiro atoms. The van der Waals surface area contributed by atoms with Gasteiger partial charge < -0.3 is 28.6 Å². The highest BCUT2D eigenvalue weighted by Gasteiger charge is 2.45. The van der Waals surface area contributed by atoms with E-state index in [0.717, 1.165) is 18.8 Å². The van der Waals surface area contributed by atoms with Crippen molar-refractivity contribution in [2.75, 3.05) is 44.3 Å². The second kappa shape index (κ2) is 11.9. The quantitative estimate of drug-likeness (QED) is 0.367. The first kappa shape index (κ1) is 26.8. The SMILES string of the molecule is CC(=O)N1CCN(c2ccc(OCC3CO[C@](Cn4ccnc4)(c4ccc(SF)cc4SF)O3)cc2)CC1. The smallest absolute Gasteiger partial charge is 0.219 e. The van der Waals surface area contributed by atoms with Gasteiger partial charge in [-0.25, -0.2) is 4.98 Å². The summed E-state index contributed by atoms with van der Waals surface area (Å²) in [5.41, 5.74) is 1.56. The van der Waals surface area contributed by atoms with Crippen LogP contribution in [0.2, 0.25) is 0 Å². The normalized spacial score (nSPS) is 21.6. The number of piperazine rings is 1. The molecule has 3 heterocycles. The average Bonchev–Trinajstić information content (AvgIpc) is 3.62. The summed E-state index contributed by atoms with van der Waals surface area (Å²) in [6.07, 6.45) is 4.64. The van der Waals surface area contributed by atoms with Gasteiger partial charge in [0.05, 0.1) is 48.7 Å². The third-order valence-electron chi connectivity index (χ3n) is 6.71. The lowest BCUT2D eigenvalue weighted by Gasteiger charge is -2.35. The third-order valence-corrected chi connectivity index (χ3v) is 7.64. The number of hydrogen-bond acceptors (Lipinski definition) is 8. The van der Waals surface area contributed by atoms with Crippen molar-refractivity contribution in [2.24, 2.45) is 0 Å². The number of hydrogen-bond donors (Lipinski definition) is 0. The summed E-state index contributed by atoms with van der Waals surface area (Å²) in [7, 11) is 0. The van der Waals surface area contributed by atoms with Crippen molar-refractivity contribution in [1.29, 1.82) is 0 Å². The van der Waals surface area contributed by atoms with Gasteiger partial charge in [0.1, 0.15) is 18.5 Å². The Balaban J connectivity index is 1.24. The van der Waals surface area contributed by atoms with Crippen LogP contribution >= 0.6 is 24.3 Å². The molecule has 1 amide bonds. The predicted octanol–water partition coefficient (Wildman–Crippen LogP) is 4.85. The van der Waals surface area contributed by atoms with Gasteiger partial charge in [0.2, 0.25) is 11.7 Å². The molecular weight excluding hydrogens is 534 g/mol. The standard InChI is InChI=1S/C26H28F2N4O4S2/c1-19(33)31-10-12-32(13-11-31)20-2-4-21(5-3-20)34-15-22-16-35-26(36-22,17-30-9-8-29-18-30)24-7-6-23(37-27)14-25(24)38-28/h2-9,14,18,22H,10-13,15-17H2,1H3/t22?,26-/m0/s1. The molecule has 2 atom stereocenters. The molecule has 38 heavy (non-hydrogen) atoms. The van der Waals surface area contributed by atoms with Gasteiger partial charge in [0.25, 0.3) is 0 Å². The van der Waals surface area contributed by atoms with E-state index in [1.165, 1.54) is 6.07 Å². The number of aromatic nitrogens is 2. The van der Waals surface area contributed by atoms with Gasteiger partial charge in [-0.3, -0.25) is 4.79 Å². The summed E-state index contributed by atoms with van der Waals surface area (Å²) >= 11 is 0.0852. The Labute approximate surface area is 228 Å². The number of benzene rings is 2. The number of ether oxygens (including phenoxy) is 3. The molecule has 0 bridgehead atoms. The van der Waals surface area contributed by atoms with E-state index < -0.39 is 11.9 Å². The molecule has 0 saturated carbocycles. The highest BCUT2D eigenvalue weighted by Crippen LogP contribution is 2.42. The number of nitrogens with zero attached hydrogens (tertiary/aromatic N) is 4. The monoisotopic (exact) mass is 562 g/mol. The van der Waals surface area contributed by atoms with Gasteiger partial charge in [0.15, 0.2) is 0 Å². The average molecular weight is 563 g/mol. The topological polar surface area (TPSA) is 69.1 Å². The summed E-state index contributed by atoms with van der Waals surface area (Å²) in [6.45, 7) is 5.32. The largest absolute Gasteiger partial charge is 0.491 e. The molecule has 2 saturated heterocycles. The van der Waals surface area contributed by atoms with Gasteiger partial charge in [0, 0.05) is 61.6 Å². The lowest BCUT2D eigenvalue weighted by molar-refractivity contribution is -0.191. The molecule has 2 aromatic carbocycles. The van der Waals surface area contributed by atoms with E-state index >= 15 is 0 Å². The lowest BCUT2D eigenvalue weighted by atomic mass is 10.1. The number of imidazole rings is 1. The Morgan fingerprint density at radius 2 is 1.92 bits per heavy atom. The summed E-state index contributed by atoms with van der Waals surface area (Å²) in [6, 6.07) is 12.5. The van der Waals surface area contributed by atoms with Gasteiger partial charge in [-0.15, -0.1) is 0 Å². The Bertz CT molecular complexity index is 1230. The van der Waals surface area contributed by atoms with Crippen molar-refractivity contribution in [1.82, 2.24) is 14.5 Å². The Hall–Kier alpha value is -2.80. The molecule has 202 valence electrons. The molecule has 12 heteroatoms. The predicted molar refractivity (Wildman–Crippen MR) is 142 cm³/mol. The number of carbonyl (C=O) groups is 1. The summed E-state index contributed by atoms with van der Waals surface area (Å²) in [4.78, 5) is 20.3. The van der Waals surface area contributed by atoms with Gasteiger partial charge in [-0.1, -0.05) is 6.07 Å². The first-order valence-corrected chi connectivity index (χ1v) is 13.7. The van der Waals surface area contributed by atoms with E-state index in [0.29, 0.717) is 29.3 Å². The van der Waals surface area contributed by atoms with Crippen molar-refractivity contribution >= 4 is 35.9 Å². The van der Waals surface area contributed by atoms with E-state index in [1.807, 2.05) is 29.2 Å². The summed E-state index contributed by atoms with van der Waals surface area (Å²) in [5, 5.41) is 0. The molecule has 0 N–H and O–H groups in total. The first-order valence-electron chi connectivity index (χ1n) is 12.2. The lowest BCUT2D eigenvalue weighted by Crippen LogP contribution is -2.48. The number of amides is 1. The fourth-order valence-electron chi connectivity index (χ4n) is 4.73. The minimum Gasteiger partial charge on any atom is -0.491 e. The van der Waals surface area contributed by atoms with E-state index in [9.17, 15) is 12.6 Å². The van der Waals surface area contributed by atoms with E-state index in [1.54, 1.807) is 42.3 Å². The van der Waals surface area contributed by atoms with Crippen LogP contribution < -0.4 is 9.64 Å². The molecule has 2 aliphatic heterocycles. The highest BCUT2D eigenvalue weighted by molar-refractivity contribution is 7.95. The molecular formula is C26H28F2N4O4S2. The van der Waals surface area contributed by atoms with Gasteiger partial charge in [-0.05, 0) is 36.4 Å². The minimum absolute atomic E-state index is 0.0294. The van der Waals surface area contributed by atoms with Crippen LogP contribution in [0.15, 0.2) is 71.0 Å². The number of anilines is 1. The van der Waals surface area contributed by atoms with Crippen LogP contribution in [0.25, 0.3) is 0 Å². The molecule has 2 aliphatic rings. The van der Waals surface area contributed by atoms with E-state index in [2.05, 4.69) is 9.88 Å². The van der Waals surface area contributed by atoms with Crippen LogP contribution in [-0.4, -0.2) is 65.9 Å². The second-order valence-corrected chi connectivity index (χ2v) is 10.4. The molecule has 1 aromatic heterocycles. The van der Waals surface area contributed by atoms with Crippen molar-refractivity contribution in [3.63, 3.8) is 0 Å². The van der Waals surface area contributed by atoms with Crippen LogP contribution in [-0.2, 0) is 26.6 Å². The summed E-state index contributed by atoms with van der Waals surface area (Å²) in [5.74, 6) is -0.485. The zero-order chi connectivity index (χ0) is 26.5. The number of rotatable bonds is 9. The Morgan fingerprint density at radius 3 is 2.58 bits per heavy atom. The third kappa shape index (κ3) is 5.93. The van der Waals surface area contributed by atoms with E-state index in [-0.39, 0.29) is 54.9 Å². The Morgan fingerprint density at radius 1 is 1.13 bits per heavy atom. The maximum Gasteiger partial charge on any atom is 0.219 e.